The molecule has 0 aromatic carbocycles. The molecule has 1 aliphatic heterocycles. The van der Waals surface area contributed by atoms with Crippen molar-refractivity contribution in [3.8, 4) is 0 Å². The Balaban J connectivity index is 2.02. The lowest BCUT2D eigenvalue weighted by atomic mass is 9.94. The molecule has 5 heteroatoms. The molecule has 0 bridgehead atoms. The summed E-state index contributed by atoms with van der Waals surface area (Å²) in [4.78, 5) is 15.6. The third-order valence-corrected chi connectivity index (χ3v) is 3.31. The van der Waals surface area contributed by atoms with Crippen molar-refractivity contribution in [2.75, 3.05) is 6.61 Å². The molecule has 1 aliphatic rings. The Bertz CT molecular complexity index is 488. The van der Waals surface area contributed by atoms with E-state index in [1.807, 2.05) is 13.8 Å². The quantitative estimate of drug-likeness (QED) is 0.835. The third-order valence-electron chi connectivity index (χ3n) is 3.31. The van der Waals surface area contributed by atoms with Gasteiger partial charge in [-0.15, -0.1) is 0 Å². The van der Waals surface area contributed by atoms with Gasteiger partial charge < -0.3 is 10.1 Å². The van der Waals surface area contributed by atoms with Crippen molar-refractivity contribution in [3.63, 3.8) is 0 Å². The highest BCUT2D eigenvalue weighted by atomic mass is 19.1. The Labute approximate surface area is 112 Å². The van der Waals surface area contributed by atoms with Gasteiger partial charge in [0.05, 0.1) is 11.2 Å². The van der Waals surface area contributed by atoms with Crippen LogP contribution in [0.1, 0.15) is 42.6 Å². The second-order valence-electron chi connectivity index (χ2n) is 5.60. The second-order valence-corrected chi connectivity index (χ2v) is 5.60. The zero-order valence-electron chi connectivity index (χ0n) is 11.5. The van der Waals surface area contributed by atoms with Crippen LogP contribution in [0.5, 0.6) is 0 Å². The van der Waals surface area contributed by atoms with Crippen LogP contribution in [0.3, 0.4) is 0 Å². The van der Waals surface area contributed by atoms with Crippen molar-refractivity contribution in [2.45, 2.75) is 45.3 Å². The minimum absolute atomic E-state index is 0.0848. The molecular formula is C14H19FN2O2. The van der Waals surface area contributed by atoms with E-state index in [9.17, 15) is 9.18 Å². The van der Waals surface area contributed by atoms with Crippen molar-refractivity contribution >= 4 is 5.91 Å². The van der Waals surface area contributed by atoms with Gasteiger partial charge in [-0.2, -0.15) is 4.39 Å². The molecular weight excluding hydrogens is 247 g/mol. The summed E-state index contributed by atoms with van der Waals surface area (Å²) in [5, 5.41) is 2.96. The molecule has 19 heavy (non-hydrogen) atoms. The molecule has 1 amide bonds. The van der Waals surface area contributed by atoms with E-state index < -0.39 is 5.95 Å². The van der Waals surface area contributed by atoms with Crippen LogP contribution in [0.4, 0.5) is 4.39 Å². The van der Waals surface area contributed by atoms with Crippen molar-refractivity contribution in [1.82, 2.24) is 10.3 Å². The van der Waals surface area contributed by atoms with Gasteiger partial charge in [-0.25, -0.2) is 4.98 Å². The number of carbonyl (C=O) groups is 1. The summed E-state index contributed by atoms with van der Waals surface area (Å²) >= 11 is 0. The molecule has 0 unspecified atom stereocenters. The number of aryl methyl sites for hydroxylation is 1. The number of carbonyl (C=O) groups excluding carboxylic acids is 1. The highest BCUT2D eigenvalue weighted by Crippen LogP contribution is 2.24. The molecule has 4 nitrogen and oxygen atoms in total. The normalized spacial score (nSPS) is 22.0. The molecule has 1 N–H and O–H groups in total. The van der Waals surface area contributed by atoms with Gasteiger partial charge >= 0.3 is 0 Å². The lowest BCUT2D eigenvalue weighted by Crippen LogP contribution is -2.45. The van der Waals surface area contributed by atoms with E-state index in [0.717, 1.165) is 12.8 Å². The summed E-state index contributed by atoms with van der Waals surface area (Å²) in [6, 6.07) is 1.60. The molecule has 2 rings (SSSR count). The number of halogens is 1. The number of amides is 1. The van der Waals surface area contributed by atoms with Gasteiger partial charge in [-0.1, -0.05) is 0 Å². The number of pyridine rings is 1. The Hall–Kier alpha value is -1.49. The molecule has 1 saturated heterocycles. The standard InChI is InChI=1S/C14H19FN2O2/c1-9-6-10(8-16-12(9)15)13(18)17-11-4-5-19-14(2,3)7-11/h6,8,11H,4-5,7H2,1-3H3,(H,17,18)/t11-/m1/s1. The first kappa shape index (κ1) is 13.9. The fraction of sp³-hybridized carbons (Fsp3) is 0.571. The molecule has 1 atom stereocenters. The first-order valence-electron chi connectivity index (χ1n) is 6.44. The fourth-order valence-corrected chi connectivity index (χ4v) is 2.31. The molecule has 104 valence electrons. The largest absolute Gasteiger partial charge is 0.375 e. The summed E-state index contributed by atoms with van der Waals surface area (Å²) < 4.78 is 18.7. The number of aromatic nitrogens is 1. The maximum Gasteiger partial charge on any atom is 0.253 e. The van der Waals surface area contributed by atoms with Gasteiger partial charge in [0, 0.05) is 24.4 Å². The van der Waals surface area contributed by atoms with Crippen LogP contribution in [0.2, 0.25) is 0 Å². The first-order valence-corrected chi connectivity index (χ1v) is 6.44. The number of nitrogens with one attached hydrogen (secondary N) is 1. The molecule has 0 spiro atoms. The van der Waals surface area contributed by atoms with Crippen LogP contribution in [-0.2, 0) is 4.74 Å². The molecule has 1 fully saturated rings. The molecule has 0 aliphatic carbocycles. The summed E-state index contributed by atoms with van der Waals surface area (Å²) in [7, 11) is 0. The smallest absolute Gasteiger partial charge is 0.253 e. The summed E-state index contributed by atoms with van der Waals surface area (Å²) in [5.74, 6) is -0.748. The van der Waals surface area contributed by atoms with E-state index in [4.69, 9.17) is 4.74 Å². The van der Waals surface area contributed by atoms with E-state index in [2.05, 4.69) is 10.3 Å². The molecule has 0 radical (unpaired) electrons. The maximum atomic E-state index is 13.1. The van der Waals surface area contributed by atoms with E-state index in [-0.39, 0.29) is 17.6 Å². The SMILES string of the molecule is Cc1cc(C(=O)N[C@@H]2CCOC(C)(C)C2)cnc1F. The van der Waals surface area contributed by atoms with Crippen molar-refractivity contribution in [2.24, 2.45) is 0 Å². The lowest BCUT2D eigenvalue weighted by molar-refractivity contribution is -0.0615. The van der Waals surface area contributed by atoms with Crippen LogP contribution < -0.4 is 5.32 Å². The number of nitrogens with zero attached hydrogens (tertiary/aromatic N) is 1. The third kappa shape index (κ3) is 3.50. The summed E-state index contributed by atoms with van der Waals surface area (Å²) in [6.07, 6.45) is 2.83. The van der Waals surface area contributed by atoms with Crippen molar-refractivity contribution in [3.05, 3.63) is 29.3 Å². The monoisotopic (exact) mass is 266 g/mol. The number of ether oxygens (including phenoxy) is 1. The molecule has 2 heterocycles. The molecule has 1 aromatic heterocycles. The number of hydrogen-bond donors (Lipinski definition) is 1. The maximum absolute atomic E-state index is 13.1. The topological polar surface area (TPSA) is 51.2 Å². The minimum atomic E-state index is -0.538. The van der Waals surface area contributed by atoms with Crippen molar-refractivity contribution in [1.29, 1.82) is 0 Å². The fourth-order valence-electron chi connectivity index (χ4n) is 2.31. The van der Waals surface area contributed by atoms with Gasteiger partial charge in [0.1, 0.15) is 0 Å². The minimum Gasteiger partial charge on any atom is -0.375 e. The Kier molecular flexibility index (Phi) is 3.85. The Morgan fingerprint density at radius 1 is 1.58 bits per heavy atom. The van der Waals surface area contributed by atoms with Crippen LogP contribution >= 0.6 is 0 Å². The number of rotatable bonds is 2. The van der Waals surface area contributed by atoms with Crippen LogP contribution in [0, 0.1) is 12.9 Å². The first-order chi connectivity index (χ1) is 8.87. The van der Waals surface area contributed by atoms with E-state index >= 15 is 0 Å². The lowest BCUT2D eigenvalue weighted by Gasteiger charge is -2.35. The van der Waals surface area contributed by atoms with Crippen LogP contribution in [0.25, 0.3) is 0 Å². The van der Waals surface area contributed by atoms with E-state index in [1.54, 1.807) is 6.92 Å². The highest BCUT2D eigenvalue weighted by molar-refractivity contribution is 5.94. The van der Waals surface area contributed by atoms with Gasteiger partial charge in [-0.05, 0) is 39.7 Å². The van der Waals surface area contributed by atoms with Gasteiger partial charge in [0.15, 0.2) is 0 Å². The predicted molar refractivity (Wildman–Crippen MR) is 69.5 cm³/mol. The molecule has 0 saturated carbocycles. The van der Waals surface area contributed by atoms with E-state index in [0.29, 0.717) is 17.7 Å². The molecule has 1 aromatic rings. The van der Waals surface area contributed by atoms with Gasteiger partial charge in [0.25, 0.3) is 5.91 Å². The second kappa shape index (κ2) is 5.25. The zero-order chi connectivity index (χ0) is 14.0. The zero-order valence-corrected chi connectivity index (χ0v) is 11.5. The van der Waals surface area contributed by atoms with Crippen molar-refractivity contribution < 1.29 is 13.9 Å². The van der Waals surface area contributed by atoms with Gasteiger partial charge in [-0.3, -0.25) is 4.79 Å². The highest BCUT2D eigenvalue weighted by Gasteiger charge is 2.29. The average molecular weight is 266 g/mol. The summed E-state index contributed by atoms with van der Waals surface area (Å²) in [5.41, 5.74) is 0.552. The van der Waals surface area contributed by atoms with Crippen LogP contribution in [-0.4, -0.2) is 29.1 Å². The number of hydrogen-bond acceptors (Lipinski definition) is 3. The van der Waals surface area contributed by atoms with Gasteiger partial charge in [0.2, 0.25) is 5.95 Å². The van der Waals surface area contributed by atoms with E-state index in [1.165, 1.54) is 12.3 Å². The predicted octanol–water partition coefficient (Wildman–Crippen LogP) is 2.22. The average Bonchev–Trinajstić information content (AvgIpc) is 2.31. The Morgan fingerprint density at radius 3 is 2.95 bits per heavy atom. The summed E-state index contributed by atoms with van der Waals surface area (Å²) in [6.45, 7) is 6.25. The van der Waals surface area contributed by atoms with Crippen LogP contribution in [0.15, 0.2) is 12.3 Å². The Morgan fingerprint density at radius 2 is 2.32 bits per heavy atom.